The summed E-state index contributed by atoms with van der Waals surface area (Å²) in [6, 6.07) is -18.0. The van der Waals surface area contributed by atoms with Crippen LogP contribution in [0.15, 0.2) is 24.3 Å². The Morgan fingerprint density at radius 3 is 0.610 bits per heavy atom. The topological polar surface area (TPSA) is 49.4 Å². The number of nitrogens with zero attached hydrogens (tertiary/aromatic N) is 1. The van der Waals surface area contributed by atoms with Gasteiger partial charge in [-0.25, -0.2) is 0 Å². The van der Waals surface area contributed by atoms with Crippen LogP contribution >= 0.6 is 0 Å². The maximum absolute atomic E-state index is 16.1. The minimum Gasteiger partial charge on any atom is -0.350 e. The van der Waals surface area contributed by atoms with Crippen LogP contribution in [0, 0.1) is 5.92 Å². The van der Waals surface area contributed by atoms with E-state index in [1.54, 1.807) is 0 Å². The number of benzene rings is 1. The molecule has 0 aliphatic rings. The van der Waals surface area contributed by atoms with E-state index in [-0.39, 0.29) is 4.90 Å². The van der Waals surface area contributed by atoms with Crippen molar-refractivity contribution in [1.82, 2.24) is 10.2 Å². The zero-order valence-electron chi connectivity index (χ0n) is 58.7. The van der Waals surface area contributed by atoms with Gasteiger partial charge in [0, 0.05) is 36.9 Å². The number of amides is 2. The summed E-state index contributed by atoms with van der Waals surface area (Å²) in [4.78, 5) is 27.8. The molecule has 0 spiro atoms. The minimum atomic E-state index is -10.3. The van der Waals surface area contributed by atoms with Crippen molar-refractivity contribution in [3.63, 3.8) is 0 Å². The smallest absolute Gasteiger partial charge is 0.350 e. The number of carbonyl (C=O) groups excluding carboxylic acids is 2. The average molecular weight is 1990 g/mol. The second kappa shape index (κ2) is 31.7. The van der Waals surface area contributed by atoms with Gasteiger partial charge in [-0.2, -0.15) is 277 Å². The number of rotatable bonds is 40. The van der Waals surface area contributed by atoms with Gasteiger partial charge in [0.05, 0.1) is 8.07 Å². The van der Waals surface area contributed by atoms with Crippen LogP contribution in [0.4, 0.5) is 277 Å². The van der Waals surface area contributed by atoms with Crippen LogP contribution in [0.3, 0.4) is 0 Å². The molecular formula is C55H41F63N2O2Si. The Morgan fingerprint density at radius 1 is 0.285 bits per heavy atom. The summed E-state index contributed by atoms with van der Waals surface area (Å²) in [6.45, 7) is 5.14. The Bertz CT molecular complexity index is 3530. The van der Waals surface area contributed by atoms with Crippen LogP contribution in [-0.4, -0.2) is 221 Å². The number of hydrogen-bond donors (Lipinski definition) is 1. The molecule has 0 aromatic heterocycles. The molecule has 0 radical (unpaired) electrons. The highest BCUT2D eigenvalue weighted by Gasteiger charge is 3.02. The predicted molar refractivity (Wildman–Crippen MR) is 280 cm³/mol. The van der Waals surface area contributed by atoms with E-state index in [1.165, 1.54) is 0 Å². The molecule has 0 fully saturated rings. The molecule has 1 rings (SSSR count). The lowest BCUT2D eigenvalue weighted by molar-refractivity contribution is -0.474. The Hall–Kier alpha value is -6.03. The number of carbonyl (C=O) groups is 2. The first-order chi connectivity index (χ1) is 52.6. The van der Waals surface area contributed by atoms with Crippen molar-refractivity contribution < 1.29 is 286 Å². The van der Waals surface area contributed by atoms with Gasteiger partial charge in [0.1, 0.15) is 6.04 Å². The third kappa shape index (κ3) is 16.5. The Balaban J connectivity index is 5.38. The van der Waals surface area contributed by atoms with Gasteiger partial charge in [-0.15, -0.1) is 0 Å². The van der Waals surface area contributed by atoms with E-state index in [9.17, 15) is 181 Å². The summed E-state index contributed by atoms with van der Waals surface area (Å²) in [5.41, 5.74) is -3.17. The fraction of sp³-hybridized carbons (Fsp3) is 0.855. The van der Waals surface area contributed by atoms with E-state index in [1.807, 2.05) is 0 Å². The molecule has 1 N–H and O–H groups in total. The number of nitrogens with one attached hydrogen (secondary N) is 1. The van der Waals surface area contributed by atoms with Gasteiger partial charge >= 0.3 is 178 Å². The van der Waals surface area contributed by atoms with Gasteiger partial charge < -0.3 is 10.2 Å². The van der Waals surface area contributed by atoms with Crippen molar-refractivity contribution in [2.75, 3.05) is 6.54 Å². The fourth-order valence-corrected chi connectivity index (χ4v) is 15.1. The summed E-state index contributed by atoms with van der Waals surface area (Å²) < 4.78 is 912. The fourth-order valence-electron chi connectivity index (χ4n) is 10.2. The summed E-state index contributed by atoms with van der Waals surface area (Å²) in [6.07, 6.45) is -41.7. The predicted octanol–water partition coefficient (Wildman–Crippen LogP) is 25.1. The van der Waals surface area contributed by atoms with Crippen LogP contribution in [-0.2, 0) is 4.79 Å². The van der Waals surface area contributed by atoms with E-state index in [4.69, 9.17) is 0 Å². The molecule has 2 amide bonds. The van der Waals surface area contributed by atoms with Gasteiger partial charge in [-0.05, 0) is 63.4 Å². The third-order valence-corrected chi connectivity index (χ3v) is 22.9. The standard InChI is InChI=1S/C55H41F63N2O2Si/c1-7-15-120(22(19(2)3)23(121)119-25(4,5)6)24(122)20-8-10-21(11-9-20)123(16-12-26(56,57)29(62,63)32(68,69)35(74,75)38(80,81)41(86,87)44(92,93)47(98,99)50(104,105)53(110,111)112,17-13-27(58,59)30(64,65)33(70,71)36(76,77)39(82,83)42(88,89)45(94,95)48(100,101)51(106,107)54(113,114)115)18-14-28(60,61)31(66,67)34(72,73)37(78,79)40(84,85)43(90,91)46(96,97)49(102,103)52(108,109)55(116,117)118/h8-11,19,22H,7,12-18H2,1-6H3,(H,119,121). The lowest BCUT2D eigenvalue weighted by Gasteiger charge is -2.45. The summed E-state index contributed by atoms with van der Waals surface area (Å²) in [7, 11) is -8.44. The Morgan fingerprint density at radius 2 is 0.455 bits per heavy atom. The monoisotopic (exact) mass is 1990 g/mol. The average Bonchev–Trinajstić information content (AvgIpc) is 0.692. The molecule has 0 aliphatic heterocycles. The molecular weight excluding hydrogens is 1950 g/mol. The largest absolute Gasteiger partial charge is 0.460 e. The van der Waals surface area contributed by atoms with Crippen LogP contribution < -0.4 is 10.5 Å². The van der Waals surface area contributed by atoms with Crippen LogP contribution in [0.5, 0.6) is 0 Å². The first-order valence-electron chi connectivity index (χ1n) is 30.8. The highest BCUT2D eigenvalue weighted by Crippen LogP contribution is 2.72. The molecule has 1 aromatic carbocycles. The van der Waals surface area contributed by atoms with Crippen molar-refractivity contribution >= 4 is 25.1 Å². The van der Waals surface area contributed by atoms with Gasteiger partial charge in [-0.1, -0.05) is 38.1 Å². The van der Waals surface area contributed by atoms with Crippen molar-refractivity contribution in [1.29, 1.82) is 0 Å². The summed E-state index contributed by atoms with van der Waals surface area (Å²) >= 11 is 0. The Kier molecular flexibility index (Phi) is 29.6. The molecule has 0 aliphatic carbocycles. The molecule has 0 heterocycles. The highest BCUT2D eigenvalue weighted by atomic mass is 28.3. The van der Waals surface area contributed by atoms with Gasteiger partial charge in [-0.3, -0.25) is 9.59 Å². The van der Waals surface area contributed by atoms with Crippen molar-refractivity contribution in [2.45, 2.75) is 275 Å². The maximum Gasteiger partial charge on any atom is 0.460 e. The Labute approximate surface area is 639 Å². The molecule has 123 heavy (non-hydrogen) atoms. The molecule has 1 unspecified atom stereocenters. The first kappa shape index (κ1) is 115. The van der Waals surface area contributed by atoms with Gasteiger partial charge in [0.25, 0.3) is 5.91 Å². The molecule has 68 heteroatoms. The van der Waals surface area contributed by atoms with Gasteiger partial charge in [0.15, 0.2) is 0 Å². The first-order valence-corrected chi connectivity index (χ1v) is 33.4. The molecule has 4 nitrogen and oxygen atoms in total. The van der Waals surface area contributed by atoms with E-state index >= 15 is 105 Å². The second-order valence-electron chi connectivity index (χ2n) is 27.7. The van der Waals surface area contributed by atoms with E-state index < -0.39 is 301 Å². The van der Waals surface area contributed by atoms with Crippen molar-refractivity contribution in [2.24, 2.45) is 5.92 Å². The molecule has 1 aromatic rings. The molecule has 0 bridgehead atoms. The zero-order chi connectivity index (χ0) is 100. The number of halogens is 63. The molecule has 0 saturated heterocycles. The van der Waals surface area contributed by atoms with Crippen LogP contribution in [0.1, 0.15) is 77.6 Å². The van der Waals surface area contributed by atoms with E-state index in [0.717, 1.165) is 41.5 Å². The lowest BCUT2D eigenvalue weighted by Crippen LogP contribution is -2.77. The zero-order valence-corrected chi connectivity index (χ0v) is 59.7. The van der Waals surface area contributed by atoms with E-state index in [2.05, 4.69) is 5.32 Å². The molecule has 1 atom stereocenters. The summed E-state index contributed by atoms with van der Waals surface area (Å²) in [5, 5.41) is -0.666. The second-order valence-corrected chi connectivity index (χ2v) is 32.3. The minimum absolute atomic E-state index is 0.193. The van der Waals surface area contributed by atoms with Crippen LogP contribution in [0.25, 0.3) is 0 Å². The van der Waals surface area contributed by atoms with Crippen LogP contribution in [0.2, 0.25) is 18.1 Å². The molecule has 728 valence electrons. The van der Waals surface area contributed by atoms with E-state index in [0.29, 0.717) is 0 Å². The number of hydrogen-bond acceptors (Lipinski definition) is 2. The van der Waals surface area contributed by atoms with Crippen molar-refractivity contribution in [3.8, 4) is 0 Å². The number of alkyl halides is 63. The third-order valence-electron chi connectivity index (χ3n) is 17.7. The lowest BCUT2D eigenvalue weighted by atomic mass is 9.86. The quantitative estimate of drug-likeness (QED) is 0.0526. The maximum atomic E-state index is 16.1. The van der Waals surface area contributed by atoms with Crippen molar-refractivity contribution in [3.05, 3.63) is 29.8 Å². The normalized spacial score (nSPS) is 16.7. The summed E-state index contributed by atoms with van der Waals surface area (Å²) in [5.74, 6) is -270. The SMILES string of the molecule is CCCN(C(=O)c1ccc([Si](CCC(F)(F)C(F)(F)C(F)(F)C(F)(F)C(F)(F)C(F)(F)C(F)(F)C(F)(F)C(F)(F)C(F)(F)F)(CCC(F)(F)C(F)(F)C(F)(F)C(F)(F)C(F)(F)C(F)(F)C(F)(F)C(F)(F)C(F)(F)C(F)(F)F)CCC(F)(F)C(F)(F)C(F)(F)C(F)(F)C(F)(F)C(F)(F)C(F)(F)C(F)(F)C(F)(F)C(F)(F)F)cc1)C(C(=O)NC(C)(C)C)C(C)C. The van der Waals surface area contributed by atoms with Gasteiger partial charge in [0.2, 0.25) is 5.91 Å². The molecule has 0 saturated carbocycles. The highest BCUT2D eigenvalue weighted by molar-refractivity contribution is 6.92.